The summed E-state index contributed by atoms with van der Waals surface area (Å²) < 4.78 is 0. The Balaban J connectivity index is 1.91. The highest BCUT2D eigenvalue weighted by atomic mass is 32.1. The number of hydrazone groups is 1. The molecule has 0 radical (unpaired) electrons. The number of carbonyl (C=O) groups is 1. The molecule has 2 aromatic rings. The van der Waals surface area contributed by atoms with Gasteiger partial charge in [-0.3, -0.25) is 5.43 Å². The van der Waals surface area contributed by atoms with E-state index in [9.17, 15) is 9.90 Å². The third kappa shape index (κ3) is 4.15. The normalized spacial score (nSPS) is 10.4. The van der Waals surface area contributed by atoms with Crippen molar-refractivity contribution in [2.75, 3.05) is 5.32 Å². The van der Waals surface area contributed by atoms with Gasteiger partial charge >= 0.3 is 0 Å². The van der Waals surface area contributed by atoms with E-state index in [1.165, 1.54) is 12.1 Å². The third-order valence-electron chi connectivity index (χ3n) is 2.26. The van der Waals surface area contributed by atoms with Crippen molar-refractivity contribution in [3.05, 3.63) is 52.2 Å². The molecule has 0 saturated heterocycles. The second-order valence-electron chi connectivity index (χ2n) is 3.71. The van der Waals surface area contributed by atoms with Crippen LogP contribution in [-0.2, 0) is 0 Å². The predicted molar refractivity (Wildman–Crippen MR) is 82.0 cm³/mol. The maximum atomic E-state index is 10.7. The van der Waals surface area contributed by atoms with Crippen LogP contribution in [-0.4, -0.2) is 17.3 Å². The second-order valence-corrected chi connectivity index (χ2v) is 5.10. The highest BCUT2D eigenvalue weighted by Gasteiger charge is 1.99. The average molecular weight is 304 g/mol. The molecule has 1 aromatic carbocycles. The van der Waals surface area contributed by atoms with Gasteiger partial charge in [0.25, 0.3) is 0 Å². The van der Waals surface area contributed by atoms with Crippen molar-refractivity contribution < 1.29 is 9.90 Å². The molecule has 0 saturated carbocycles. The summed E-state index contributed by atoms with van der Waals surface area (Å²) in [7, 11) is 0. The molecule has 0 fully saturated rings. The first-order valence-electron chi connectivity index (χ1n) is 5.60. The molecule has 2 rings (SSSR count). The molecule has 0 unspecified atom stereocenters. The molecule has 1 aromatic heterocycles. The van der Waals surface area contributed by atoms with Crippen LogP contribution in [0.2, 0.25) is 0 Å². The number of anilines is 1. The van der Waals surface area contributed by atoms with Crippen molar-refractivity contribution >= 4 is 46.5 Å². The minimum Gasteiger partial charge on any atom is -0.545 e. The van der Waals surface area contributed by atoms with E-state index in [1.807, 2.05) is 17.5 Å². The average Bonchev–Trinajstić information content (AvgIpc) is 2.92. The SMILES string of the molecule is O=C([O-])c1cccc(NC(=S)NN=Cc2cccs2)c1. The van der Waals surface area contributed by atoms with Crippen LogP contribution >= 0.6 is 23.6 Å². The molecule has 7 heteroatoms. The summed E-state index contributed by atoms with van der Waals surface area (Å²) in [6, 6.07) is 10.0. The maximum Gasteiger partial charge on any atom is 0.191 e. The van der Waals surface area contributed by atoms with Crippen molar-refractivity contribution in [2.24, 2.45) is 5.10 Å². The first-order chi connectivity index (χ1) is 9.65. The van der Waals surface area contributed by atoms with Gasteiger partial charge in [-0.1, -0.05) is 18.2 Å². The van der Waals surface area contributed by atoms with Gasteiger partial charge in [0, 0.05) is 10.6 Å². The maximum absolute atomic E-state index is 10.7. The summed E-state index contributed by atoms with van der Waals surface area (Å²) in [6.07, 6.45) is 1.65. The Morgan fingerprint density at radius 2 is 2.20 bits per heavy atom. The lowest BCUT2D eigenvalue weighted by molar-refractivity contribution is -0.255. The number of carboxylic acid groups (broad SMARTS) is 1. The van der Waals surface area contributed by atoms with Gasteiger partial charge in [-0.2, -0.15) is 5.10 Å². The molecule has 0 aliphatic heterocycles. The minimum atomic E-state index is -1.23. The number of carbonyl (C=O) groups excluding carboxylic acids is 1. The van der Waals surface area contributed by atoms with E-state index in [0.29, 0.717) is 5.69 Å². The van der Waals surface area contributed by atoms with E-state index >= 15 is 0 Å². The van der Waals surface area contributed by atoms with Gasteiger partial charge in [0.2, 0.25) is 0 Å². The number of thiophene rings is 1. The van der Waals surface area contributed by atoms with Gasteiger partial charge < -0.3 is 15.2 Å². The van der Waals surface area contributed by atoms with Crippen LogP contribution in [0.5, 0.6) is 0 Å². The summed E-state index contributed by atoms with van der Waals surface area (Å²) in [5.41, 5.74) is 3.29. The fourth-order valence-corrected chi connectivity index (χ4v) is 2.16. The number of nitrogens with one attached hydrogen (secondary N) is 2. The van der Waals surface area contributed by atoms with E-state index < -0.39 is 5.97 Å². The fraction of sp³-hybridized carbons (Fsp3) is 0. The second kappa shape index (κ2) is 6.78. The highest BCUT2D eigenvalue weighted by molar-refractivity contribution is 7.80. The highest BCUT2D eigenvalue weighted by Crippen LogP contribution is 2.09. The van der Waals surface area contributed by atoms with Crippen molar-refractivity contribution in [2.45, 2.75) is 0 Å². The van der Waals surface area contributed by atoms with Gasteiger partial charge in [0.1, 0.15) is 0 Å². The summed E-state index contributed by atoms with van der Waals surface area (Å²) in [4.78, 5) is 11.7. The topological polar surface area (TPSA) is 76.5 Å². The van der Waals surface area contributed by atoms with Crippen molar-refractivity contribution in [3.63, 3.8) is 0 Å². The van der Waals surface area contributed by atoms with Gasteiger partial charge in [0.05, 0.1) is 12.2 Å². The molecule has 0 atom stereocenters. The number of thiocarbonyl (C=S) groups is 1. The lowest BCUT2D eigenvalue weighted by Crippen LogP contribution is -2.25. The Kier molecular flexibility index (Phi) is 4.80. The molecule has 20 heavy (non-hydrogen) atoms. The predicted octanol–water partition coefficient (Wildman–Crippen LogP) is 1.43. The monoisotopic (exact) mass is 304 g/mol. The van der Waals surface area contributed by atoms with E-state index in [1.54, 1.807) is 29.7 Å². The van der Waals surface area contributed by atoms with Crippen LogP contribution < -0.4 is 15.8 Å². The zero-order valence-corrected chi connectivity index (χ0v) is 11.8. The zero-order valence-electron chi connectivity index (χ0n) is 10.2. The van der Waals surface area contributed by atoms with Gasteiger partial charge in [-0.15, -0.1) is 11.3 Å². The Morgan fingerprint density at radius 1 is 1.35 bits per heavy atom. The van der Waals surface area contributed by atoms with Crippen LogP contribution in [0.15, 0.2) is 46.9 Å². The van der Waals surface area contributed by atoms with Crippen molar-refractivity contribution in [1.82, 2.24) is 5.43 Å². The molecular formula is C13H10N3O2S2-. The number of rotatable bonds is 4. The third-order valence-corrected chi connectivity index (χ3v) is 3.26. The molecule has 0 spiro atoms. The molecular weight excluding hydrogens is 294 g/mol. The zero-order chi connectivity index (χ0) is 14.4. The van der Waals surface area contributed by atoms with E-state index in [2.05, 4.69) is 15.8 Å². The number of hydrogen-bond acceptors (Lipinski definition) is 5. The molecule has 0 amide bonds. The molecule has 1 heterocycles. The first-order valence-corrected chi connectivity index (χ1v) is 6.89. The summed E-state index contributed by atoms with van der Waals surface area (Å²) >= 11 is 6.60. The molecule has 102 valence electrons. The number of nitrogens with zero attached hydrogens (tertiary/aromatic N) is 1. The van der Waals surface area contributed by atoms with Gasteiger partial charge in [0.15, 0.2) is 5.11 Å². The van der Waals surface area contributed by atoms with Crippen LogP contribution in [0.3, 0.4) is 0 Å². The molecule has 2 N–H and O–H groups in total. The summed E-state index contributed by atoms with van der Waals surface area (Å²) in [5, 5.41) is 19.8. The quantitative estimate of drug-likeness (QED) is 0.508. The standard InChI is InChI=1S/C13H11N3O2S2/c17-12(18)9-3-1-4-10(7-9)15-13(19)16-14-8-11-5-2-6-20-11/h1-8H,(H,17,18)(H2,15,16,19)/p-1. The van der Waals surface area contributed by atoms with Gasteiger partial charge in [-0.05, 0) is 41.4 Å². The Bertz CT molecular complexity index is 639. The summed E-state index contributed by atoms with van der Waals surface area (Å²) in [5.74, 6) is -1.23. The molecule has 0 bridgehead atoms. The van der Waals surface area contributed by atoms with Crippen molar-refractivity contribution in [1.29, 1.82) is 0 Å². The van der Waals surface area contributed by atoms with Crippen molar-refractivity contribution in [3.8, 4) is 0 Å². The fourth-order valence-electron chi connectivity index (χ4n) is 1.40. The number of benzene rings is 1. The smallest absolute Gasteiger partial charge is 0.191 e. The van der Waals surface area contributed by atoms with Crippen LogP contribution in [0.1, 0.15) is 15.2 Å². The largest absolute Gasteiger partial charge is 0.545 e. The molecule has 5 nitrogen and oxygen atoms in total. The molecule has 0 aliphatic carbocycles. The minimum absolute atomic E-state index is 0.0832. The molecule has 0 aliphatic rings. The Morgan fingerprint density at radius 3 is 2.90 bits per heavy atom. The first kappa shape index (κ1) is 14.2. The lowest BCUT2D eigenvalue weighted by Gasteiger charge is -2.09. The van der Waals surface area contributed by atoms with Crippen LogP contribution in [0, 0.1) is 0 Å². The number of carboxylic acids is 1. The van der Waals surface area contributed by atoms with Crippen LogP contribution in [0.4, 0.5) is 5.69 Å². The van der Waals surface area contributed by atoms with E-state index in [0.717, 1.165) is 4.88 Å². The van der Waals surface area contributed by atoms with Crippen LogP contribution in [0.25, 0.3) is 0 Å². The van der Waals surface area contributed by atoms with Gasteiger partial charge in [-0.25, -0.2) is 0 Å². The lowest BCUT2D eigenvalue weighted by atomic mass is 10.2. The van der Waals surface area contributed by atoms with E-state index in [4.69, 9.17) is 12.2 Å². The summed E-state index contributed by atoms with van der Waals surface area (Å²) in [6.45, 7) is 0. The Labute approximate surface area is 125 Å². The number of aromatic carboxylic acids is 1. The number of hydrogen-bond donors (Lipinski definition) is 2. The van der Waals surface area contributed by atoms with E-state index in [-0.39, 0.29) is 10.7 Å². The Hall–Kier alpha value is -2.25.